The van der Waals surface area contributed by atoms with Gasteiger partial charge in [-0.3, -0.25) is 9.52 Å². The number of hydrogen-bond acceptors (Lipinski definition) is 4. The van der Waals surface area contributed by atoms with Crippen LogP contribution in [0.15, 0.2) is 47.4 Å². The molecule has 2 rings (SSSR count). The first-order valence-electron chi connectivity index (χ1n) is 9.08. The Morgan fingerprint density at radius 3 is 2.57 bits per heavy atom. The number of halogens is 1. The minimum absolute atomic E-state index is 0.00748. The van der Waals surface area contributed by atoms with Gasteiger partial charge in [-0.05, 0) is 49.7 Å². The molecule has 0 atom stereocenters. The van der Waals surface area contributed by atoms with E-state index in [4.69, 9.17) is 16.3 Å². The van der Waals surface area contributed by atoms with E-state index in [1.165, 1.54) is 25.3 Å². The molecular weight excluding hydrogens is 400 g/mol. The van der Waals surface area contributed by atoms with E-state index in [0.29, 0.717) is 29.4 Å². The summed E-state index contributed by atoms with van der Waals surface area (Å²) in [4.78, 5) is 14.4. The van der Waals surface area contributed by atoms with E-state index in [0.717, 1.165) is 12.8 Å². The average Bonchev–Trinajstić information content (AvgIpc) is 2.68. The Morgan fingerprint density at radius 2 is 1.93 bits per heavy atom. The summed E-state index contributed by atoms with van der Waals surface area (Å²) in [5.41, 5.74) is 0.559. The molecule has 0 aliphatic rings. The van der Waals surface area contributed by atoms with Gasteiger partial charge in [-0.25, -0.2) is 8.42 Å². The van der Waals surface area contributed by atoms with E-state index < -0.39 is 10.0 Å². The number of hydrogen-bond donors (Lipinski definition) is 1. The Hall–Kier alpha value is -2.25. The van der Waals surface area contributed by atoms with E-state index in [-0.39, 0.29) is 16.5 Å². The fourth-order valence-corrected chi connectivity index (χ4v) is 3.97. The topological polar surface area (TPSA) is 75.7 Å². The molecule has 0 aliphatic carbocycles. The smallest absolute Gasteiger partial charge is 0.262 e. The van der Waals surface area contributed by atoms with Crippen LogP contribution in [-0.4, -0.2) is 39.4 Å². The van der Waals surface area contributed by atoms with Crippen LogP contribution < -0.4 is 9.46 Å². The minimum Gasteiger partial charge on any atom is -0.495 e. The van der Waals surface area contributed by atoms with E-state index in [1.54, 1.807) is 29.2 Å². The molecule has 0 aliphatic heterocycles. The number of ether oxygens (including phenoxy) is 1. The lowest BCUT2D eigenvalue weighted by atomic mass is 10.2. The van der Waals surface area contributed by atoms with Crippen molar-refractivity contribution in [1.29, 1.82) is 0 Å². The number of unbranched alkanes of at least 4 members (excludes halogenated alkanes) is 1. The second-order valence-corrected chi connectivity index (χ2v) is 8.34. The van der Waals surface area contributed by atoms with Gasteiger partial charge in [-0.1, -0.05) is 31.0 Å². The monoisotopic (exact) mass is 424 g/mol. The van der Waals surface area contributed by atoms with Crippen molar-refractivity contribution < 1.29 is 17.9 Å². The van der Waals surface area contributed by atoms with Crippen LogP contribution in [0.1, 0.15) is 37.0 Å². The molecule has 1 amide bonds. The zero-order valence-corrected chi connectivity index (χ0v) is 17.8. The highest BCUT2D eigenvalue weighted by atomic mass is 35.5. The van der Waals surface area contributed by atoms with Crippen LogP contribution in [0.25, 0.3) is 0 Å². The maximum absolute atomic E-state index is 12.8. The molecular formula is C20H25ClN2O4S. The molecule has 152 valence electrons. The average molecular weight is 425 g/mol. The summed E-state index contributed by atoms with van der Waals surface area (Å²) < 4.78 is 33.3. The lowest BCUT2D eigenvalue weighted by Crippen LogP contribution is -2.31. The highest BCUT2D eigenvalue weighted by Gasteiger charge is 2.20. The SMILES string of the molecule is CCCCN(CC)C(=O)c1cccc(S(=O)(=O)Nc2cc(Cl)ccc2OC)c1. The Labute approximate surface area is 171 Å². The molecule has 0 saturated heterocycles. The van der Waals surface area contributed by atoms with Crippen molar-refractivity contribution in [2.24, 2.45) is 0 Å². The maximum Gasteiger partial charge on any atom is 0.262 e. The molecule has 1 N–H and O–H groups in total. The van der Waals surface area contributed by atoms with Gasteiger partial charge in [0.2, 0.25) is 0 Å². The second kappa shape index (κ2) is 9.80. The predicted molar refractivity (Wildman–Crippen MR) is 112 cm³/mol. The number of rotatable bonds is 9. The highest BCUT2D eigenvalue weighted by Crippen LogP contribution is 2.30. The largest absolute Gasteiger partial charge is 0.495 e. The predicted octanol–water partition coefficient (Wildman–Crippen LogP) is 4.41. The van der Waals surface area contributed by atoms with Gasteiger partial charge in [-0.15, -0.1) is 0 Å². The van der Waals surface area contributed by atoms with E-state index in [2.05, 4.69) is 11.6 Å². The van der Waals surface area contributed by atoms with Crippen LogP contribution in [0.2, 0.25) is 5.02 Å². The summed E-state index contributed by atoms with van der Waals surface area (Å²) in [7, 11) is -2.49. The number of nitrogens with one attached hydrogen (secondary N) is 1. The molecule has 0 bridgehead atoms. The van der Waals surface area contributed by atoms with E-state index >= 15 is 0 Å². The molecule has 0 saturated carbocycles. The van der Waals surface area contributed by atoms with Gasteiger partial charge in [-0.2, -0.15) is 0 Å². The zero-order valence-electron chi connectivity index (χ0n) is 16.2. The minimum atomic E-state index is -3.93. The standard InChI is InChI=1S/C20H25ClN2O4S/c1-4-6-12-23(5-2)20(24)15-8-7-9-17(13-15)28(25,26)22-18-14-16(21)10-11-19(18)27-3/h7-11,13-14,22H,4-6,12H2,1-3H3. The van der Waals surface area contributed by atoms with Gasteiger partial charge < -0.3 is 9.64 Å². The summed E-state index contributed by atoms with van der Waals surface area (Å²) in [6, 6.07) is 10.7. The summed E-state index contributed by atoms with van der Waals surface area (Å²) in [6.07, 6.45) is 1.87. The third-order valence-corrected chi connectivity index (χ3v) is 5.85. The molecule has 0 spiro atoms. The van der Waals surface area contributed by atoms with Crippen LogP contribution in [-0.2, 0) is 10.0 Å². The summed E-state index contributed by atoms with van der Waals surface area (Å²) in [5.74, 6) is 0.158. The molecule has 0 unspecified atom stereocenters. The van der Waals surface area contributed by atoms with Crippen molar-refractivity contribution in [3.63, 3.8) is 0 Å². The third-order valence-electron chi connectivity index (χ3n) is 4.25. The lowest BCUT2D eigenvalue weighted by Gasteiger charge is -2.21. The molecule has 2 aromatic carbocycles. The fourth-order valence-electron chi connectivity index (χ4n) is 2.69. The van der Waals surface area contributed by atoms with Crippen molar-refractivity contribution in [2.45, 2.75) is 31.6 Å². The first-order valence-corrected chi connectivity index (χ1v) is 10.9. The van der Waals surface area contributed by atoms with Gasteiger partial charge in [0.15, 0.2) is 0 Å². The van der Waals surface area contributed by atoms with Crippen molar-refractivity contribution in [2.75, 3.05) is 24.9 Å². The number of methoxy groups -OCH3 is 1. The maximum atomic E-state index is 12.8. The van der Waals surface area contributed by atoms with E-state index in [1.807, 2.05) is 6.92 Å². The van der Waals surface area contributed by atoms with Crippen LogP contribution >= 0.6 is 11.6 Å². The molecule has 28 heavy (non-hydrogen) atoms. The number of benzene rings is 2. The number of nitrogens with zero attached hydrogens (tertiary/aromatic N) is 1. The molecule has 8 heteroatoms. The zero-order chi connectivity index (χ0) is 20.7. The first kappa shape index (κ1) is 22.0. The number of amides is 1. The van der Waals surface area contributed by atoms with Crippen LogP contribution in [0, 0.1) is 0 Å². The van der Waals surface area contributed by atoms with Gasteiger partial charge in [0, 0.05) is 23.7 Å². The lowest BCUT2D eigenvalue weighted by molar-refractivity contribution is 0.0762. The molecule has 0 radical (unpaired) electrons. The molecule has 0 heterocycles. The van der Waals surface area contributed by atoms with Crippen molar-refractivity contribution in [3.05, 3.63) is 53.1 Å². The highest BCUT2D eigenvalue weighted by molar-refractivity contribution is 7.92. The van der Waals surface area contributed by atoms with Crippen molar-refractivity contribution in [3.8, 4) is 5.75 Å². The van der Waals surface area contributed by atoms with Gasteiger partial charge >= 0.3 is 0 Å². The number of carbonyl (C=O) groups is 1. The molecule has 0 aromatic heterocycles. The fraction of sp³-hybridized carbons (Fsp3) is 0.350. The van der Waals surface area contributed by atoms with Crippen molar-refractivity contribution in [1.82, 2.24) is 4.90 Å². The van der Waals surface area contributed by atoms with Crippen LogP contribution in [0.5, 0.6) is 5.75 Å². The molecule has 2 aromatic rings. The summed E-state index contributed by atoms with van der Waals surface area (Å²) in [5, 5.41) is 0.372. The van der Waals surface area contributed by atoms with Gasteiger partial charge in [0.25, 0.3) is 15.9 Å². The Morgan fingerprint density at radius 1 is 1.18 bits per heavy atom. The first-order chi connectivity index (χ1) is 13.3. The third kappa shape index (κ3) is 5.39. The number of anilines is 1. The Balaban J connectivity index is 2.31. The summed E-state index contributed by atoms with van der Waals surface area (Å²) >= 11 is 5.97. The molecule has 0 fully saturated rings. The van der Waals surface area contributed by atoms with Crippen LogP contribution in [0.3, 0.4) is 0 Å². The van der Waals surface area contributed by atoms with Crippen molar-refractivity contribution >= 4 is 33.2 Å². The van der Waals surface area contributed by atoms with Gasteiger partial charge in [0.1, 0.15) is 5.75 Å². The normalized spacial score (nSPS) is 11.1. The second-order valence-electron chi connectivity index (χ2n) is 6.22. The number of sulfonamides is 1. The van der Waals surface area contributed by atoms with E-state index in [9.17, 15) is 13.2 Å². The summed E-state index contributed by atoms with van der Waals surface area (Å²) in [6.45, 7) is 5.16. The van der Waals surface area contributed by atoms with Crippen LogP contribution in [0.4, 0.5) is 5.69 Å². The quantitative estimate of drug-likeness (QED) is 0.646. The Bertz CT molecular complexity index is 932. The molecule has 6 nitrogen and oxygen atoms in total. The number of carbonyl (C=O) groups excluding carboxylic acids is 1. The Kier molecular flexibility index (Phi) is 7.71. The van der Waals surface area contributed by atoms with Gasteiger partial charge in [0.05, 0.1) is 17.7 Å².